The summed E-state index contributed by atoms with van der Waals surface area (Å²) in [6, 6.07) is 36.8. The molecule has 6 aromatic carbocycles. The van der Waals surface area contributed by atoms with Crippen molar-refractivity contribution in [2.24, 2.45) is 0 Å². The van der Waals surface area contributed by atoms with Gasteiger partial charge in [-0.05, 0) is 116 Å². The van der Waals surface area contributed by atoms with E-state index in [1.165, 1.54) is 0 Å². The van der Waals surface area contributed by atoms with Gasteiger partial charge in [0, 0.05) is 0 Å². The Morgan fingerprint density at radius 1 is 0.205 bits per heavy atom. The third kappa shape index (κ3) is 4.87. The van der Waals surface area contributed by atoms with Gasteiger partial charge in [-0.25, -0.2) is 0 Å². The van der Waals surface area contributed by atoms with Crippen molar-refractivity contribution in [1.82, 2.24) is 0 Å². The standard InChI is InChI=1S/2C18H6N4/c2*19-7-15-3-11-1-12-4-16(8-20)18(10-22)6-14(12)2-13(11)5-17(15)9-21/h2*1-6H. The minimum atomic E-state index is 0.323. The van der Waals surface area contributed by atoms with E-state index in [1.54, 1.807) is 48.5 Å². The largest absolute Gasteiger partial charge is 0.192 e. The molecule has 0 aliphatic rings. The lowest BCUT2D eigenvalue weighted by Gasteiger charge is -2.05. The Morgan fingerprint density at radius 2 is 0.318 bits per heavy atom. The molecular formula is C36H12N8. The van der Waals surface area contributed by atoms with Crippen LogP contribution in [0.4, 0.5) is 0 Å². The second kappa shape index (κ2) is 11.4. The zero-order chi connectivity index (χ0) is 31.4. The molecule has 0 aromatic heterocycles. The first kappa shape index (κ1) is 27.8. The smallest absolute Gasteiger partial charge is 0.101 e. The molecule has 8 heteroatoms. The Morgan fingerprint density at radius 3 is 0.409 bits per heavy atom. The highest BCUT2D eigenvalue weighted by Crippen LogP contribution is 2.29. The van der Waals surface area contributed by atoms with Crippen LogP contribution in [0.3, 0.4) is 0 Å². The van der Waals surface area contributed by atoms with Gasteiger partial charge in [0.25, 0.3) is 0 Å². The maximum atomic E-state index is 9.09. The monoisotopic (exact) mass is 556 g/mol. The maximum Gasteiger partial charge on any atom is 0.101 e. The van der Waals surface area contributed by atoms with E-state index in [1.807, 2.05) is 72.8 Å². The first-order valence-electron chi connectivity index (χ1n) is 12.7. The molecule has 0 saturated heterocycles. The summed E-state index contributed by atoms with van der Waals surface area (Å²) in [6.45, 7) is 0. The number of benzene rings is 6. The van der Waals surface area contributed by atoms with Gasteiger partial charge in [-0.15, -0.1) is 0 Å². The Labute approximate surface area is 250 Å². The molecule has 6 rings (SSSR count). The number of nitrogens with zero attached hydrogens (tertiary/aromatic N) is 8. The Kier molecular flexibility index (Phi) is 7.22. The quantitative estimate of drug-likeness (QED) is 0.179. The molecule has 0 radical (unpaired) electrons. The van der Waals surface area contributed by atoms with Crippen LogP contribution < -0.4 is 0 Å². The molecule has 0 unspecified atom stereocenters. The van der Waals surface area contributed by atoms with Crippen LogP contribution in [-0.4, -0.2) is 0 Å². The van der Waals surface area contributed by atoms with Crippen molar-refractivity contribution in [1.29, 1.82) is 42.1 Å². The van der Waals surface area contributed by atoms with Crippen LogP contribution >= 0.6 is 0 Å². The lowest BCUT2D eigenvalue weighted by molar-refractivity contribution is 1.44. The predicted molar refractivity (Wildman–Crippen MR) is 161 cm³/mol. The second-order valence-corrected chi connectivity index (χ2v) is 9.58. The highest BCUT2D eigenvalue weighted by atomic mass is 14.3. The molecule has 0 spiro atoms. The van der Waals surface area contributed by atoms with E-state index in [0.29, 0.717) is 44.5 Å². The lowest BCUT2D eigenvalue weighted by Crippen LogP contribution is -1.88. The molecule has 196 valence electrons. The molecule has 0 amide bonds. The summed E-state index contributed by atoms with van der Waals surface area (Å²) >= 11 is 0. The van der Waals surface area contributed by atoms with Crippen molar-refractivity contribution in [3.63, 3.8) is 0 Å². The van der Waals surface area contributed by atoms with Crippen LogP contribution in [0.25, 0.3) is 43.1 Å². The lowest BCUT2D eigenvalue weighted by atomic mass is 9.96. The number of hydrogen-bond donors (Lipinski definition) is 0. The first-order chi connectivity index (χ1) is 21.4. The van der Waals surface area contributed by atoms with Gasteiger partial charge in [0.15, 0.2) is 0 Å². The molecule has 0 N–H and O–H groups in total. The summed E-state index contributed by atoms with van der Waals surface area (Å²) in [5, 5.41) is 79.3. The molecule has 0 aliphatic carbocycles. The van der Waals surface area contributed by atoms with Crippen LogP contribution in [0.15, 0.2) is 72.8 Å². The molecule has 0 aliphatic heterocycles. The Bertz CT molecular complexity index is 2050. The summed E-state index contributed by atoms with van der Waals surface area (Å²) in [5.74, 6) is 0. The van der Waals surface area contributed by atoms with E-state index in [4.69, 9.17) is 42.1 Å². The topological polar surface area (TPSA) is 190 Å². The summed E-state index contributed by atoms with van der Waals surface area (Å²) in [7, 11) is 0. The van der Waals surface area contributed by atoms with Crippen molar-refractivity contribution >= 4 is 43.1 Å². The summed E-state index contributed by atoms with van der Waals surface area (Å²) < 4.78 is 0. The van der Waals surface area contributed by atoms with Gasteiger partial charge in [0.2, 0.25) is 0 Å². The van der Waals surface area contributed by atoms with Crippen molar-refractivity contribution in [2.45, 2.75) is 0 Å². The summed E-state index contributed by atoms with van der Waals surface area (Å²) in [6.07, 6.45) is 0. The van der Waals surface area contributed by atoms with Gasteiger partial charge in [-0.3, -0.25) is 0 Å². The van der Waals surface area contributed by atoms with Crippen LogP contribution in [0, 0.1) is 90.6 Å². The zero-order valence-corrected chi connectivity index (χ0v) is 22.5. The molecule has 0 saturated carbocycles. The Balaban J connectivity index is 0.000000175. The molecule has 0 atom stereocenters. The number of nitriles is 8. The van der Waals surface area contributed by atoms with Crippen LogP contribution in [0.5, 0.6) is 0 Å². The Hall–Kier alpha value is -7.72. The highest BCUT2D eigenvalue weighted by Gasteiger charge is 2.10. The molecule has 0 fully saturated rings. The van der Waals surface area contributed by atoms with Crippen LogP contribution in [0.1, 0.15) is 44.5 Å². The maximum absolute atomic E-state index is 9.09. The molecule has 0 bridgehead atoms. The highest BCUT2D eigenvalue weighted by molar-refractivity contribution is 6.01. The van der Waals surface area contributed by atoms with Crippen molar-refractivity contribution in [2.75, 3.05) is 0 Å². The van der Waals surface area contributed by atoms with Gasteiger partial charge in [0.05, 0.1) is 44.5 Å². The molecule has 6 aromatic rings. The van der Waals surface area contributed by atoms with Crippen LogP contribution in [-0.2, 0) is 0 Å². The van der Waals surface area contributed by atoms with E-state index in [0.717, 1.165) is 43.1 Å². The average molecular weight is 557 g/mol. The minimum Gasteiger partial charge on any atom is -0.192 e. The third-order valence-corrected chi connectivity index (χ3v) is 7.10. The number of hydrogen-bond acceptors (Lipinski definition) is 8. The van der Waals surface area contributed by atoms with Gasteiger partial charge >= 0.3 is 0 Å². The summed E-state index contributed by atoms with van der Waals surface area (Å²) in [4.78, 5) is 0. The van der Waals surface area contributed by atoms with Crippen molar-refractivity contribution in [3.8, 4) is 48.6 Å². The number of rotatable bonds is 0. The number of fused-ring (bicyclic) bond motifs is 4. The minimum absolute atomic E-state index is 0.323. The fourth-order valence-corrected chi connectivity index (χ4v) is 4.94. The van der Waals surface area contributed by atoms with E-state index in [9.17, 15) is 0 Å². The van der Waals surface area contributed by atoms with Gasteiger partial charge in [-0.2, -0.15) is 42.1 Å². The normalized spacial score (nSPS) is 9.64. The zero-order valence-electron chi connectivity index (χ0n) is 22.5. The van der Waals surface area contributed by atoms with Crippen LogP contribution in [0.2, 0.25) is 0 Å². The SMILES string of the molecule is N#Cc1cc2cc3cc(C#N)c(C#N)cc3cc2cc1C#N.N#Cc1cc2cc3cc(C#N)c(C#N)cc3cc2cc1C#N. The van der Waals surface area contributed by atoms with E-state index in [-0.39, 0.29) is 0 Å². The first-order valence-corrected chi connectivity index (χ1v) is 12.7. The molecule has 44 heavy (non-hydrogen) atoms. The fourth-order valence-electron chi connectivity index (χ4n) is 4.94. The van der Waals surface area contributed by atoms with E-state index in [2.05, 4.69) is 0 Å². The second-order valence-electron chi connectivity index (χ2n) is 9.58. The third-order valence-electron chi connectivity index (χ3n) is 7.10. The summed E-state index contributed by atoms with van der Waals surface area (Å²) in [5.41, 5.74) is 2.58. The van der Waals surface area contributed by atoms with Crippen molar-refractivity contribution in [3.05, 3.63) is 117 Å². The fraction of sp³-hybridized carbons (Fsp3) is 0. The molecule has 8 nitrogen and oxygen atoms in total. The van der Waals surface area contributed by atoms with Gasteiger partial charge in [0.1, 0.15) is 48.6 Å². The molecular weight excluding hydrogens is 544 g/mol. The van der Waals surface area contributed by atoms with E-state index < -0.39 is 0 Å². The van der Waals surface area contributed by atoms with E-state index >= 15 is 0 Å². The van der Waals surface area contributed by atoms with Gasteiger partial charge < -0.3 is 0 Å². The van der Waals surface area contributed by atoms with Gasteiger partial charge in [-0.1, -0.05) is 0 Å². The molecule has 0 heterocycles. The predicted octanol–water partition coefficient (Wildman–Crippen LogP) is 6.96. The average Bonchev–Trinajstić information content (AvgIpc) is 3.07. The van der Waals surface area contributed by atoms with Crippen molar-refractivity contribution < 1.29 is 0 Å².